The standard InChI is InChI=1S/C30H23F6N3O3/c31-29(32,33)22-4-2-1-3-19(22)26-20(27(42-38-26)17-6-7-17)9-5-16-11-12-39(15-16)18-8-10-24-21(13-18)23(30(34,35)36)14-25(37-24)28(40)41/h1-5,8-10,13-14,16-17H,6-7,11-12,15H2,(H,40,41)/b9-5+/t16-/m1/s1. The third-order valence-corrected chi connectivity index (χ3v) is 7.63. The molecule has 1 N–H and O–H groups in total. The van der Waals surface area contributed by atoms with Crippen molar-refractivity contribution in [2.75, 3.05) is 18.0 Å². The van der Waals surface area contributed by atoms with Crippen LogP contribution in [0.25, 0.3) is 28.2 Å². The number of aromatic nitrogens is 2. The summed E-state index contributed by atoms with van der Waals surface area (Å²) >= 11 is 0. The van der Waals surface area contributed by atoms with E-state index in [1.807, 2.05) is 11.0 Å². The van der Waals surface area contributed by atoms with Gasteiger partial charge in [-0.15, -0.1) is 0 Å². The topological polar surface area (TPSA) is 79.5 Å². The van der Waals surface area contributed by atoms with Crippen molar-refractivity contribution in [2.45, 2.75) is 37.5 Å². The lowest BCUT2D eigenvalue weighted by Gasteiger charge is -2.20. The molecular weight excluding hydrogens is 564 g/mol. The number of carboxylic acids is 1. The van der Waals surface area contributed by atoms with Gasteiger partial charge in [0.25, 0.3) is 0 Å². The summed E-state index contributed by atoms with van der Waals surface area (Å²) in [5.74, 6) is -0.943. The van der Waals surface area contributed by atoms with Crippen molar-refractivity contribution in [3.8, 4) is 11.3 Å². The van der Waals surface area contributed by atoms with E-state index in [4.69, 9.17) is 4.52 Å². The number of pyridine rings is 1. The Morgan fingerprint density at radius 3 is 2.40 bits per heavy atom. The summed E-state index contributed by atoms with van der Waals surface area (Å²) in [4.78, 5) is 17.1. The molecule has 0 bridgehead atoms. The first-order chi connectivity index (χ1) is 19.9. The highest BCUT2D eigenvalue weighted by Gasteiger charge is 2.38. The number of aromatic carboxylic acids is 1. The highest BCUT2D eigenvalue weighted by Crippen LogP contribution is 2.46. The number of benzene rings is 2. The molecule has 0 radical (unpaired) electrons. The van der Waals surface area contributed by atoms with Crippen molar-refractivity contribution in [3.63, 3.8) is 0 Å². The van der Waals surface area contributed by atoms with Gasteiger partial charge < -0.3 is 14.5 Å². The molecule has 1 atom stereocenters. The number of hydrogen-bond acceptors (Lipinski definition) is 5. The molecule has 1 saturated heterocycles. The van der Waals surface area contributed by atoms with E-state index < -0.39 is 35.1 Å². The zero-order chi connectivity index (χ0) is 29.8. The fourth-order valence-corrected chi connectivity index (χ4v) is 5.41. The highest BCUT2D eigenvalue weighted by molar-refractivity contribution is 5.93. The lowest BCUT2D eigenvalue weighted by molar-refractivity contribution is -0.137. The van der Waals surface area contributed by atoms with Gasteiger partial charge >= 0.3 is 18.3 Å². The van der Waals surface area contributed by atoms with Crippen LogP contribution in [-0.2, 0) is 12.4 Å². The molecule has 0 amide bonds. The van der Waals surface area contributed by atoms with E-state index in [9.17, 15) is 36.2 Å². The Morgan fingerprint density at radius 2 is 1.71 bits per heavy atom. The molecular formula is C30H23F6N3O3. The van der Waals surface area contributed by atoms with Gasteiger partial charge in [-0.05, 0) is 55.5 Å². The minimum Gasteiger partial charge on any atom is -0.477 e. The van der Waals surface area contributed by atoms with Crippen LogP contribution in [0.2, 0.25) is 0 Å². The molecule has 3 heterocycles. The van der Waals surface area contributed by atoms with Crippen molar-refractivity contribution in [1.29, 1.82) is 0 Å². The third kappa shape index (κ3) is 5.33. The smallest absolute Gasteiger partial charge is 0.417 e. The fourth-order valence-electron chi connectivity index (χ4n) is 5.41. The van der Waals surface area contributed by atoms with E-state index in [1.54, 1.807) is 12.1 Å². The monoisotopic (exact) mass is 587 g/mol. The molecule has 2 fully saturated rings. The van der Waals surface area contributed by atoms with Crippen LogP contribution in [0.3, 0.4) is 0 Å². The van der Waals surface area contributed by atoms with E-state index in [1.165, 1.54) is 30.3 Å². The van der Waals surface area contributed by atoms with Gasteiger partial charge in [0, 0.05) is 41.2 Å². The highest BCUT2D eigenvalue weighted by atomic mass is 19.4. The van der Waals surface area contributed by atoms with Crippen molar-refractivity contribution in [1.82, 2.24) is 10.1 Å². The predicted octanol–water partition coefficient (Wildman–Crippen LogP) is 8.04. The van der Waals surface area contributed by atoms with Gasteiger partial charge in [-0.25, -0.2) is 9.78 Å². The molecule has 6 rings (SSSR count). The fraction of sp³-hybridized carbons (Fsp3) is 0.300. The van der Waals surface area contributed by atoms with E-state index in [-0.39, 0.29) is 34.0 Å². The van der Waals surface area contributed by atoms with Gasteiger partial charge in [-0.2, -0.15) is 26.3 Å². The number of nitrogens with zero attached hydrogens (tertiary/aromatic N) is 3. The lowest BCUT2D eigenvalue weighted by atomic mass is 9.97. The molecule has 1 aliphatic heterocycles. The first-order valence-corrected chi connectivity index (χ1v) is 13.2. The second-order valence-electron chi connectivity index (χ2n) is 10.5. The maximum Gasteiger partial charge on any atom is 0.417 e. The molecule has 4 aromatic rings. The number of rotatable bonds is 6. The summed E-state index contributed by atoms with van der Waals surface area (Å²) < 4.78 is 88.1. The number of carboxylic acid groups (broad SMARTS) is 1. The average Bonchev–Trinajstić information content (AvgIpc) is 3.52. The Bertz CT molecular complexity index is 1700. The van der Waals surface area contributed by atoms with Gasteiger partial charge in [-0.3, -0.25) is 0 Å². The number of anilines is 1. The zero-order valence-electron chi connectivity index (χ0n) is 21.8. The average molecular weight is 588 g/mol. The van der Waals surface area contributed by atoms with Crippen LogP contribution in [0.4, 0.5) is 32.0 Å². The van der Waals surface area contributed by atoms with Crippen LogP contribution in [0.15, 0.2) is 59.1 Å². The normalized spacial score (nSPS) is 18.0. The molecule has 6 nitrogen and oxygen atoms in total. The van der Waals surface area contributed by atoms with E-state index in [0.29, 0.717) is 42.6 Å². The predicted molar refractivity (Wildman–Crippen MR) is 142 cm³/mol. The number of alkyl halides is 6. The summed E-state index contributed by atoms with van der Waals surface area (Å²) in [6, 6.07) is 10.1. The van der Waals surface area contributed by atoms with Crippen molar-refractivity contribution in [3.05, 3.63) is 82.8 Å². The summed E-state index contributed by atoms with van der Waals surface area (Å²) in [6.45, 7) is 0.994. The van der Waals surface area contributed by atoms with Crippen molar-refractivity contribution < 1.29 is 40.8 Å². The van der Waals surface area contributed by atoms with Gasteiger partial charge in [-0.1, -0.05) is 35.5 Å². The minimum absolute atomic E-state index is 0.0389. The van der Waals surface area contributed by atoms with Gasteiger partial charge in [0.1, 0.15) is 17.1 Å². The first kappa shape index (κ1) is 27.8. The lowest BCUT2D eigenvalue weighted by Crippen LogP contribution is -2.19. The van der Waals surface area contributed by atoms with Gasteiger partial charge in [0.05, 0.1) is 16.6 Å². The molecule has 12 heteroatoms. The third-order valence-electron chi connectivity index (χ3n) is 7.63. The maximum atomic E-state index is 13.8. The second kappa shape index (κ2) is 10.2. The van der Waals surface area contributed by atoms with E-state index >= 15 is 0 Å². The van der Waals surface area contributed by atoms with Crippen LogP contribution >= 0.6 is 0 Å². The quantitative estimate of drug-likeness (QED) is 0.230. The molecule has 2 aromatic heterocycles. The molecule has 0 spiro atoms. The number of fused-ring (bicyclic) bond motifs is 1. The Labute approximate surface area is 235 Å². The molecule has 2 aromatic carbocycles. The molecule has 1 saturated carbocycles. The molecule has 42 heavy (non-hydrogen) atoms. The number of hydrogen-bond donors (Lipinski definition) is 1. The Morgan fingerprint density at radius 1 is 0.976 bits per heavy atom. The van der Waals surface area contributed by atoms with Crippen LogP contribution in [0.1, 0.15) is 58.1 Å². The molecule has 2 aliphatic rings. The number of carbonyl (C=O) groups is 1. The summed E-state index contributed by atoms with van der Waals surface area (Å²) in [7, 11) is 0. The van der Waals surface area contributed by atoms with Crippen LogP contribution in [-0.4, -0.2) is 34.3 Å². The van der Waals surface area contributed by atoms with E-state index in [0.717, 1.165) is 18.9 Å². The summed E-state index contributed by atoms with van der Waals surface area (Å²) in [6.07, 6.45) is -3.33. The van der Waals surface area contributed by atoms with Gasteiger partial charge in [0.2, 0.25) is 0 Å². The van der Waals surface area contributed by atoms with Crippen molar-refractivity contribution in [2.24, 2.45) is 5.92 Å². The summed E-state index contributed by atoms with van der Waals surface area (Å²) in [5, 5.41) is 13.0. The first-order valence-electron chi connectivity index (χ1n) is 13.2. The van der Waals surface area contributed by atoms with Crippen LogP contribution in [0.5, 0.6) is 0 Å². The number of halogens is 6. The van der Waals surface area contributed by atoms with Gasteiger partial charge in [0.15, 0.2) is 0 Å². The Hall–Kier alpha value is -4.35. The second-order valence-corrected chi connectivity index (χ2v) is 10.5. The zero-order valence-corrected chi connectivity index (χ0v) is 21.8. The molecule has 0 unspecified atom stereocenters. The van der Waals surface area contributed by atoms with Crippen LogP contribution in [0, 0.1) is 5.92 Å². The molecule has 218 valence electrons. The Balaban J connectivity index is 1.28. The van der Waals surface area contributed by atoms with Crippen molar-refractivity contribution >= 4 is 28.6 Å². The van der Waals surface area contributed by atoms with E-state index in [2.05, 4.69) is 10.1 Å². The van der Waals surface area contributed by atoms with Crippen LogP contribution < -0.4 is 4.90 Å². The minimum atomic E-state index is -4.78. The maximum absolute atomic E-state index is 13.8. The Kier molecular flexibility index (Phi) is 6.74. The summed E-state index contributed by atoms with van der Waals surface area (Å²) in [5.41, 5.74) is -1.55. The SMILES string of the molecule is O=C(O)c1cc(C(F)(F)F)c2cc(N3CC[C@@H](/C=C/c4c(-c5ccccc5C(F)(F)F)noc4C4CC4)C3)ccc2n1. The molecule has 1 aliphatic carbocycles. The largest absolute Gasteiger partial charge is 0.477 e.